The van der Waals surface area contributed by atoms with E-state index in [2.05, 4.69) is 22.9 Å². The molecule has 0 aliphatic heterocycles. The summed E-state index contributed by atoms with van der Waals surface area (Å²) in [7, 11) is -1.68. The summed E-state index contributed by atoms with van der Waals surface area (Å²) in [5.74, 6) is 0.431. The zero-order valence-corrected chi connectivity index (χ0v) is 14.7. The minimum Gasteiger partial charge on any atom is -0.207 e. The van der Waals surface area contributed by atoms with Crippen LogP contribution in [0.25, 0.3) is 0 Å². The second-order valence-corrected chi connectivity index (χ2v) is 8.61. The SMILES string of the molecule is Cc1cc(S(=O)(=O)N(C)C2CCCCC2C)ccc1Br. The summed E-state index contributed by atoms with van der Waals surface area (Å²) in [5, 5.41) is 0. The molecule has 2 atom stereocenters. The van der Waals surface area contributed by atoms with Gasteiger partial charge in [-0.25, -0.2) is 8.42 Å². The maximum absolute atomic E-state index is 12.8. The van der Waals surface area contributed by atoms with E-state index >= 15 is 0 Å². The fourth-order valence-electron chi connectivity index (χ4n) is 2.96. The Balaban J connectivity index is 2.31. The lowest BCUT2D eigenvalue weighted by molar-refractivity contribution is 0.213. The normalized spacial score (nSPS) is 24.1. The maximum Gasteiger partial charge on any atom is 0.243 e. The fourth-order valence-corrected chi connectivity index (χ4v) is 4.77. The first kappa shape index (κ1) is 16.0. The van der Waals surface area contributed by atoms with Crippen molar-refractivity contribution in [2.75, 3.05) is 7.05 Å². The largest absolute Gasteiger partial charge is 0.243 e. The monoisotopic (exact) mass is 359 g/mol. The number of hydrogen-bond acceptors (Lipinski definition) is 2. The van der Waals surface area contributed by atoms with Crippen molar-refractivity contribution >= 4 is 26.0 Å². The van der Waals surface area contributed by atoms with Gasteiger partial charge in [-0.05, 0) is 49.4 Å². The number of benzene rings is 1. The molecular formula is C15H22BrNO2S. The molecule has 1 aromatic rings. The molecule has 2 rings (SSSR count). The van der Waals surface area contributed by atoms with Gasteiger partial charge in [0.1, 0.15) is 0 Å². The highest BCUT2D eigenvalue weighted by molar-refractivity contribution is 9.10. The van der Waals surface area contributed by atoms with Gasteiger partial charge in [0, 0.05) is 17.6 Å². The van der Waals surface area contributed by atoms with Crippen molar-refractivity contribution in [3.8, 4) is 0 Å². The van der Waals surface area contributed by atoms with Crippen LogP contribution >= 0.6 is 15.9 Å². The molecule has 0 N–H and O–H groups in total. The molecule has 1 aliphatic rings. The lowest BCUT2D eigenvalue weighted by Crippen LogP contribution is -2.42. The molecule has 5 heteroatoms. The van der Waals surface area contributed by atoms with E-state index in [4.69, 9.17) is 0 Å². The van der Waals surface area contributed by atoms with Gasteiger partial charge in [-0.1, -0.05) is 35.7 Å². The Kier molecular flexibility index (Phi) is 4.92. The second kappa shape index (κ2) is 6.16. The van der Waals surface area contributed by atoms with Crippen molar-refractivity contribution in [1.29, 1.82) is 0 Å². The van der Waals surface area contributed by atoms with E-state index in [9.17, 15) is 8.42 Å². The van der Waals surface area contributed by atoms with Crippen LogP contribution in [0.2, 0.25) is 0 Å². The van der Waals surface area contributed by atoms with Gasteiger partial charge in [0.25, 0.3) is 0 Å². The van der Waals surface area contributed by atoms with Crippen molar-refractivity contribution in [3.05, 3.63) is 28.2 Å². The highest BCUT2D eigenvalue weighted by atomic mass is 79.9. The number of sulfonamides is 1. The number of aryl methyl sites for hydroxylation is 1. The molecule has 20 heavy (non-hydrogen) atoms. The molecule has 0 spiro atoms. The number of rotatable bonds is 3. The molecule has 0 radical (unpaired) electrons. The summed E-state index contributed by atoms with van der Waals surface area (Å²) in [5.41, 5.74) is 0.941. The standard InChI is InChI=1S/C15H22BrNO2S/c1-11-6-4-5-7-15(11)17(3)20(18,19)13-8-9-14(16)12(2)10-13/h8-11,15H,4-7H2,1-3H3. The van der Waals surface area contributed by atoms with E-state index in [1.165, 1.54) is 6.42 Å². The maximum atomic E-state index is 12.8. The van der Waals surface area contributed by atoms with Crippen LogP contribution in [0.15, 0.2) is 27.6 Å². The van der Waals surface area contributed by atoms with E-state index in [1.54, 1.807) is 29.6 Å². The Hall–Kier alpha value is -0.390. The van der Waals surface area contributed by atoms with Crippen molar-refractivity contribution in [1.82, 2.24) is 4.31 Å². The topological polar surface area (TPSA) is 37.4 Å². The zero-order chi connectivity index (χ0) is 14.9. The first-order valence-corrected chi connectivity index (χ1v) is 9.31. The second-order valence-electron chi connectivity index (χ2n) is 5.76. The van der Waals surface area contributed by atoms with Crippen LogP contribution in [0.5, 0.6) is 0 Å². The first-order chi connectivity index (χ1) is 9.34. The average molecular weight is 360 g/mol. The lowest BCUT2D eigenvalue weighted by Gasteiger charge is -2.35. The summed E-state index contributed by atoms with van der Waals surface area (Å²) >= 11 is 3.41. The number of hydrogen-bond donors (Lipinski definition) is 0. The van der Waals surface area contributed by atoms with E-state index < -0.39 is 10.0 Å². The number of nitrogens with zero attached hydrogens (tertiary/aromatic N) is 1. The van der Waals surface area contributed by atoms with Crippen molar-refractivity contribution < 1.29 is 8.42 Å². The average Bonchev–Trinajstić information content (AvgIpc) is 2.41. The lowest BCUT2D eigenvalue weighted by atomic mass is 9.86. The summed E-state index contributed by atoms with van der Waals surface area (Å²) in [6.45, 7) is 4.06. The summed E-state index contributed by atoms with van der Waals surface area (Å²) in [6, 6.07) is 5.35. The Morgan fingerprint density at radius 3 is 2.50 bits per heavy atom. The zero-order valence-electron chi connectivity index (χ0n) is 12.3. The van der Waals surface area contributed by atoms with E-state index in [-0.39, 0.29) is 6.04 Å². The van der Waals surface area contributed by atoms with Crippen LogP contribution in [0.3, 0.4) is 0 Å². The van der Waals surface area contributed by atoms with Crippen LogP contribution in [-0.2, 0) is 10.0 Å². The molecule has 1 fully saturated rings. The van der Waals surface area contributed by atoms with Gasteiger partial charge in [-0.2, -0.15) is 4.31 Å². The third kappa shape index (κ3) is 3.10. The third-order valence-corrected chi connectivity index (χ3v) is 7.11. The quantitative estimate of drug-likeness (QED) is 0.818. The predicted octanol–water partition coefficient (Wildman–Crippen LogP) is 3.96. The summed E-state index contributed by atoms with van der Waals surface area (Å²) in [6.07, 6.45) is 4.41. The summed E-state index contributed by atoms with van der Waals surface area (Å²) in [4.78, 5) is 0.387. The van der Waals surface area contributed by atoms with Crippen molar-refractivity contribution in [2.45, 2.75) is 50.5 Å². The molecule has 1 aliphatic carbocycles. The van der Waals surface area contributed by atoms with E-state index in [0.29, 0.717) is 10.8 Å². The Bertz CT molecular complexity index is 586. The van der Waals surface area contributed by atoms with Gasteiger partial charge in [0.05, 0.1) is 4.90 Å². The highest BCUT2D eigenvalue weighted by Gasteiger charge is 2.33. The minimum absolute atomic E-state index is 0.123. The molecule has 0 amide bonds. The van der Waals surface area contributed by atoms with Crippen LogP contribution in [0.1, 0.15) is 38.2 Å². The highest BCUT2D eigenvalue weighted by Crippen LogP contribution is 2.31. The molecule has 0 aromatic heterocycles. The van der Waals surface area contributed by atoms with Crippen molar-refractivity contribution in [2.24, 2.45) is 5.92 Å². The molecule has 112 valence electrons. The molecular weight excluding hydrogens is 338 g/mol. The predicted molar refractivity (Wildman–Crippen MR) is 85.2 cm³/mol. The van der Waals surface area contributed by atoms with Gasteiger partial charge in [0.15, 0.2) is 0 Å². The van der Waals surface area contributed by atoms with Gasteiger partial charge in [0.2, 0.25) is 10.0 Å². The van der Waals surface area contributed by atoms with E-state index in [0.717, 1.165) is 29.3 Å². The molecule has 0 saturated heterocycles. The van der Waals surface area contributed by atoms with Gasteiger partial charge in [-0.3, -0.25) is 0 Å². The van der Waals surface area contributed by atoms with Crippen LogP contribution in [-0.4, -0.2) is 25.8 Å². The van der Waals surface area contributed by atoms with Crippen LogP contribution in [0, 0.1) is 12.8 Å². The number of halogens is 1. The molecule has 0 bridgehead atoms. The van der Waals surface area contributed by atoms with Gasteiger partial charge in [-0.15, -0.1) is 0 Å². The molecule has 0 heterocycles. The Morgan fingerprint density at radius 1 is 1.25 bits per heavy atom. The molecule has 2 unspecified atom stereocenters. The van der Waals surface area contributed by atoms with Crippen molar-refractivity contribution in [3.63, 3.8) is 0 Å². The van der Waals surface area contributed by atoms with Crippen LogP contribution in [0.4, 0.5) is 0 Å². The Labute approximate surface area is 130 Å². The Morgan fingerprint density at radius 2 is 1.90 bits per heavy atom. The van der Waals surface area contributed by atoms with Gasteiger partial charge >= 0.3 is 0 Å². The molecule has 1 saturated carbocycles. The third-order valence-electron chi connectivity index (χ3n) is 4.34. The minimum atomic E-state index is -3.40. The van der Waals surface area contributed by atoms with E-state index in [1.807, 2.05) is 6.92 Å². The molecule has 1 aromatic carbocycles. The summed E-state index contributed by atoms with van der Waals surface area (Å²) < 4.78 is 28.0. The van der Waals surface area contributed by atoms with Gasteiger partial charge < -0.3 is 0 Å². The van der Waals surface area contributed by atoms with Crippen LogP contribution < -0.4 is 0 Å². The molecule has 3 nitrogen and oxygen atoms in total. The first-order valence-electron chi connectivity index (χ1n) is 7.08. The smallest absolute Gasteiger partial charge is 0.207 e. The fraction of sp³-hybridized carbons (Fsp3) is 0.600.